The molecular weight excluding hydrogens is 552 g/mol. The number of hydrogen-bond donors (Lipinski definition) is 12. The van der Waals surface area contributed by atoms with Crippen LogP contribution in [0, 0.1) is 0 Å². The maximum absolute atomic E-state index is 13.0. The van der Waals surface area contributed by atoms with Gasteiger partial charge in [0.15, 0.2) is 34.9 Å². The van der Waals surface area contributed by atoms with E-state index in [0.29, 0.717) is 12.8 Å². The average molecular weight is 595 g/mol. The minimum Gasteiger partial charge on any atom is -0.382 e. The minimum atomic E-state index is -1.02. The van der Waals surface area contributed by atoms with Crippen molar-refractivity contribution >= 4 is 47.2 Å². The second-order valence-corrected chi connectivity index (χ2v) is 8.80. The van der Waals surface area contributed by atoms with Crippen LogP contribution in [-0.4, -0.2) is 96.9 Å². The molecule has 1 aromatic rings. The lowest BCUT2D eigenvalue weighted by molar-refractivity contribution is -0.123. The van der Waals surface area contributed by atoms with Gasteiger partial charge in [0.2, 0.25) is 11.8 Å². The molecule has 0 spiro atoms. The molecule has 0 aliphatic carbocycles. The van der Waals surface area contributed by atoms with Gasteiger partial charge in [-0.2, -0.15) is 0 Å². The molecule has 2 atom stereocenters. The lowest BCUT2D eigenvalue weighted by Gasteiger charge is -2.19. The van der Waals surface area contributed by atoms with Crippen molar-refractivity contribution in [1.29, 1.82) is 0 Å². The predicted octanol–water partition coefficient (Wildman–Crippen LogP) is -5.91. The first-order chi connectivity index (χ1) is 19.9. The topological polar surface area (TPSA) is 375 Å². The lowest BCUT2D eigenvalue weighted by Crippen LogP contribution is -2.48. The van der Waals surface area contributed by atoms with Gasteiger partial charge in [0.1, 0.15) is 12.1 Å². The molecule has 0 aliphatic heterocycles. The summed E-state index contributed by atoms with van der Waals surface area (Å²) in [5, 5.41) is 10.2. The van der Waals surface area contributed by atoms with E-state index in [4.69, 9.17) is 45.9 Å². The van der Waals surface area contributed by atoms with E-state index in [9.17, 15) is 19.2 Å². The van der Waals surface area contributed by atoms with Crippen LogP contribution in [0.4, 0.5) is 11.6 Å². The number of rotatable bonds is 18. The Bertz CT molecular complexity index is 1050. The molecule has 20 N–H and O–H groups in total. The molecule has 0 saturated carbocycles. The lowest BCUT2D eigenvalue weighted by atomic mass is 10.1. The van der Waals surface area contributed by atoms with Gasteiger partial charge in [-0.15, -0.1) is 0 Å². The highest BCUT2D eigenvalue weighted by Gasteiger charge is 2.27. The van der Waals surface area contributed by atoms with Crippen molar-refractivity contribution in [3.05, 3.63) is 11.4 Å². The molecule has 1 aromatic heterocycles. The summed E-state index contributed by atoms with van der Waals surface area (Å²) in [6.07, 6.45) is 1.04. The fourth-order valence-electron chi connectivity index (χ4n) is 3.43. The van der Waals surface area contributed by atoms with E-state index in [-0.39, 0.29) is 64.0 Å². The molecule has 0 saturated heterocycles. The number of anilines is 2. The maximum atomic E-state index is 13.0. The van der Waals surface area contributed by atoms with Crippen molar-refractivity contribution in [2.45, 2.75) is 37.8 Å². The number of nitrogens with zero attached hydrogens (tertiary/aromatic N) is 4. The van der Waals surface area contributed by atoms with Crippen molar-refractivity contribution in [2.75, 3.05) is 50.7 Å². The fraction of sp³-hybridized carbons (Fsp3) is 0.545. The van der Waals surface area contributed by atoms with Crippen molar-refractivity contribution in [3.63, 3.8) is 0 Å². The summed E-state index contributed by atoms with van der Waals surface area (Å²) in [5.74, 6) is -3.85. The average Bonchev–Trinajstić information content (AvgIpc) is 2.93. The molecular formula is C22H42N16O4. The van der Waals surface area contributed by atoms with Crippen molar-refractivity contribution < 1.29 is 19.2 Å². The zero-order valence-corrected chi connectivity index (χ0v) is 23.3. The first kappa shape index (κ1) is 35.0. The summed E-state index contributed by atoms with van der Waals surface area (Å²) in [5.41, 5.74) is 43.2. The molecule has 42 heavy (non-hydrogen) atoms. The number of carbonyl (C=O) groups is 4. The maximum Gasteiger partial charge on any atom is 0.274 e. The van der Waals surface area contributed by atoms with E-state index in [1.54, 1.807) is 0 Å². The van der Waals surface area contributed by atoms with E-state index >= 15 is 0 Å². The number of aromatic nitrogens is 2. The Morgan fingerprint density at radius 2 is 1.02 bits per heavy atom. The van der Waals surface area contributed by atoms with Gasteiger partial charge in [-0.3, -0.25) is 29.2 Å². The Hall–Kier alpha value is -4.98. The largest absolute Gasteiger partial charge is 0.382 e. The third-order valence-electron chi connectivity index (χ3n) is 5.40. The zero-order chi connectivity index (χ0) is 31.7. The summed E-state index contributed by atoms with van der Waals surface area (Å²) < 4.78 is 0. The highest BCUT2D eigenvalue weighted by Crippen LogP contribution is 2.15. The van der Waals surface area contributed by atoms with Gasteiger partial charge in [-0.1, -0.05) is 0 Å². The number of nitrogen functional groups attached to an aromatic ring is 2. The Kier molecular flexibility index (Phi) is 15.3. The molecule has 0 aromatic carbocycles. The van der Waals surface area contributed by atoms with Crippen LogP contribution in [0.1, 0.15) is 46.7 Å². The molecule has 1 rings (SSSR count). The normalized spacial score (nSPS) is 11.9. The molecule has 1 heterocycles. The summed E-state index contributed by atoms with van der Waals surface area (Å²) >= 11 is 0. The summed E-state index contributed by atoms with van der Waals surface area (Å²) in [4.78, 5) is 66.7. The number of hydrogen-bond acceptors (Lipinski definition) is 12. The Labute approximate surface area is 242 Å². The summed E-state index contributed by atoms with van der Waals surface area (Å²) in [6.45, 7) is 1.16. The van der Waals surface area contributed by atoms with Crippen LogP contribution < -0.4 is 67.1 Å². The molecule has 0 aliphatic rings. The smallest absolute Gasteiger partial charge is 0.274 e. The molecule has 0 radical (unpaired) electrons. The monoisotopic (exact) mass is 594 g/mol. The van der Waals surface area contributed by atoms with E-state index in [2.05, 4.69) is 41.2 Å². The van der Waals surface area contributed by atoms with Crippen molar-refractivity contribution in [1.82, 2.24) is 31.2 Å². The second kappa shape index (κ2) is 18.4. The van der Waals surface area contributed by atoms with Gasteiger partial charge in [0, 0.05) is 39.3 Å². The fourth-order valence-corrected chi connectivity index (χ4v) is 3.43. The molecule has 0 fully saturated rings. The molecule has 0 unspecified atom stereocenters. The SMILES string of the molecule is NCCNC(=O)[C@H](CCCN=C(N)N)NC(=O)c1nc(N)c(C(=O)N[C@@H](CCCN=C(N)N)C(=O)NCCN)nc1N. The highest BCUT2D eigenvalue weighted by molar-refractivity contribution is 6.03. The van der Waals surface area contributed by atoms with Gasteiger partial charge in [-0.05, 0) is 25.7 Å². The first-order valence-electron chi connectivity index (χ1n) is 13.0. The molecule has 0 bridgehead atoms. The highest BCUT2D eigenvalue weighted by atomic mass is 16.2. The number of guanidine groups is 2. The standard InChI is InChI=1S/C22H42N16O4/c23-5-9-31-17(39)11(3-1-7-33-21(27)28)35-19(41)13-15(25)38-14(16(26)37-13)20(42)36-12(18(40)32-10-6-24)4-2-8-34-22(29)30/h11-12H,1-10,23-24H2,(H2,26,37)(H2,25,38)(H,31,39)(H,32,40)(H,35,41)(H,36,42)(H4,27,28,33)(H4,29,30,34)/t11-,12-/m0/s1. The number of amides is 4. The van der Waals surface area contributed by atoms with Gasteiger partial charge in [0.05, 0.1) is 0 Å². The quantitative estimate of drug-likeness (QED) is 0.0427. The van der Waals surface area contributed by atoms with Crippen LogP contribution in [0.3, 0.4) is 0 Å². The molecule has 234 valence electrons. The van der Waals surface area contributed by atoms with Gasteiger partial charge < -0.3 is 67.1 Å². The second-order valence-electron chi connectivity index (χ2n) is 8.80. The Morgan fingerprint density at radius 3 is 1.33 bits per heavy atom. The van der Waals surface area contributed by atoms with Crippen molar-refractivity contribution in [2.24, 2.45) is 44.4 Å². The summed E-state index contributed by atoms with van der Waals surface area (Å²) in [7, 11) is 0. The Balaban J connectivity index is 3.08. The van der Waals surface area contributed by atoms with Crippen LogP contribution in [0.25, 0.3) is 0 Å². The minimum absolute atomic E-state index is 0.112. The first-order valence-corrected chi connectivity index (χ1v) is 13.0. The third kappa shape index (κ3) is 12.5. The van der Waals surface area contributed by atoms with Gasteiger partial charge >= 0.3 is 0 Å². The Morgan fingerprint density at radius 1 is 0.667 bits per heavy atom. The number of nitrogens with one attached hydrogen (secondary N) is 4. The third-order valence-corrected chi connectivity index (χ3v) is 5.40. The van der Waals surface area contributed by atoms with E-state index in [1.807, 2.05) is 0 Å². The molecule has 20 nitrogen and oxygen atoms in total. The predicted molar refractivity (Wildman–Crippen MR) is 157 cm³/mol. The van der Waals surface area contributed by atoms with E-state index in [0.717, 1.165) is 0 Å². The zero-order valence-electron chi connectivity index (χ0n) is 23.3. The van der Waals surface area contributed by atoms with Gasteiger partial charge in [-0.25, -0.2) is 9.97 Å². The number of nitrogens with two attached hydrogens (primary N) is 8. The van der Waals surface area contributed by atoms with Crippen molar-refractivity contribution in [3.8, 4) is 0 Å². The van der Waals surface area contributed by atoms with Crippen LogP contribution in [0.15, 0.2) is 9.98 Å². The molecule has 4 amide bonds. The summed E-state index contributed by atoms with van der Waals surface area (Å²) in [6, 6.07) is -2.04. The van der Waals surface area contributed by atoms with Crippen LogP contribution >= 0.6 is 0 Å². The van der Waals surface area contributed by atoms with E-state index < -0.39 is 58.7 Å². The van der Waals surface area contributed by atoms with Crippen LogP contribution in [0.5, 0.6) is 0 Å². The molecule has 20 heteroatoms. The van der Waals surface area contributed by atoms with Crippen LogP contribution in [0.2, 0.25) is 0 Å². The van der Waals surface area contributed by atoms with Crippen LogP contribution in [-0.2, 0) is 9.59 Å². The van der Waals surface area contributed by atoms with E-state index in [1.165, 1.54) is 0 Å². The van der Waals surface area contributed by atoms with Gasteiger partial charge in [0.25, 0.3) is 11.8 Å². The number of carbonyl (C=O) groups excluding carboxylic acids is 4. The number of aliphatic imine (C=N–C) groups is 2.